The minimum atomic E-state index is -2.32. The van der Waals surface area contributed by atoms with E-state index in [1.165, 1.54) is 63.6 Å². The first-order valence-corrected chi connectivity index (χ1v) is 38.6. The third kappa shape index (κ3) is 22.1. The summed E-state index contributed by atoms with van der Waals surface area (Å²) in [5.74, 6) is -4.22. The summed E-state index contributed by atoms with van der Waals surface area (Å²) >= 11 is 0. The van der Waals surface area contributed by atoms with Gasteiger partial charge in [0, 0.05) is 70.5 Å². The topological polar surface area (TPSA) is 325 Å². The molecule has 6 aliphatic heterocycles. The highest BCUT2D eigenvalue weighted by Crippen LogP contribution is 2.47. The van der Waals surface area contributed by atoms with Crippen molar-refractivity contribution in [3.05, 3.63) is 215 Å². The molecule has 0 spiro atoms. The van der Waals surface area contributed by atoms with Crippen LogP contribution >= 0.6 is 0 Å². The quantitative estimate of drug-likeness (QED) is 0.0272. The van der Waals surface area contributed by atoms with Crippen LogP contribution in [0.25, 0.3) is 0 Å². The molecule has 31 heteroatoms. The molecule has 0 aliphatic carbocycles. The molecule has 634 valence electrons. The largest absolute Gasteiger partial charge is 0.463 e. The second-order valence-corrected chi connectivity index (χ2v) is 28.6. The van der Waals surface area contributed by atoms with E-state index in [-0.39, 0.29) is 52.9 Å². The molecule has 117 heavy (non-hydrogen) atoms. The average Bonchev–Trinajstić information content (AvgIpc) is 1.62. The van der Waals surface area contributed by atoms with Crippen LogP contribution in [-0.4, -0.2) is 259 Å². The molecule has 0 unspecified atom stereocenters. The van der Waals surface area contributed by atoms with Gasteiger partial charge in [0.05, 0.1) is 39.6 Å². The maximum absolute atomic E-state index is 15.9. The van der Waals surface area contributed by atoms with Crippen LogP contribution < -0.4 is 0 Å². The molecule has 12 rings (SSSR count). The summed E-state index contributed by atoms with van der Waals surface area (Å²) in [7, 11) is 9.81. The molecule has 2 bridgehead atoms. The fourth-order valence-electron chi connectivity index (χ4n) is 15.3. The van der Waals surface area contributed by atoms with Crippen LogP contribution in [0.2, 0.25) is 0 Å². The van der Waals surface area contributed by atoms with Crippen LogP contribution in [0, 0.1) is 0 Å². The summed E-state index contributed by atoms with van der Waals surface area (Å²) in [6.07, 6.45) is -32.8. The Balaban J connectivity index is 0.919. The number of benzene rings is 6. The summed E-state index contributed by atoms with van der Waals surface area (Å²) in [4.78, 5) is 70.7. The smallest absolute Gasteiger partial charge is 0.344 e. The van der Waals surface area contributed by atoms with Crippen molar-refractivity contribution in [3.63, 3.8) is 0 Å². The van der Waals surface area contributed by atoms with Crippen molar-refractivity contribution in [3.8, 4) is 0 Å². The zero-order chi connectivity index (χ0) is 82.4. The van der Waals surface area contributed by atoms with Crippen molar-refractivity contribution in [2.45, 2.75) is 213 Å². The molecule has 0 radical (unpaired) electrons. The molecular formula is C86H104O31. The summed E-state index contributed by atoms with van der Waals surface area (Å²) in [5, 5.41) is 0. The lowest BCUT2D eigenvalue weighted by Gasteiger charge is -2.51. The van der Waals surface area contributed by atoms with Crippen LogP contribution in [0.1, 0.15) is 54.2 Å². The fourth-order valence-corrected chi connectivity index (χ4v) is 15.3. The van der Waals surface area contributed by atoms with Crippen LogP contribution in [-0.2, 0) is 187 Å². The number of carbonyl (C=O) groups is 5. The third-order valence-corrected chi connectivity index (χ3v) is 20.9. The Hall–Kier alpha value is -8.17. The van der Waals surface area contributed by atoms with E-state index in [0.29, 0.717) is 16.7 Å². The van der Waals surface area contributed by atoms with Crippen molar-refractivity contribution < 1.29 is 147 Å². The molecule has 31 nitrogen and oxygen atoms in total. The summed E-state index contributed by atoms with van der Waals surface area (Å²) < 4.78 is 170. The number of ether oxygens (including phenoxy) is 26. The minimum absolute atomic E-state index is 0.0592. The van der Waals surface area contributed by atoms with Crippen molar-refractivity contribution in [2.24, 2.45) is 0 Å². The Labute approximate surface area is 679 Å². The maximum atomic E-state index is 15.9. The molecule has 0 aromatic heterocycles. The number of methoxy groups -OCH3 is 7. The number of carbonyl (C=O) groups excluding carboxylic acids is 5. The standard InChI is InChI=1S/C86H104O31/c1-51(87)100-48-61-63(92-4)66(93-5)73(95-7)81(110-61)114-70-67(94-6)74(96-8)82(115-72(70)79(90)105-45-58-37-25-15-26-38-58)112-65-62(49-101-52(2)88)111-83(77(69(65)108-53(3)89)104-44-57-35-23-14-24-36-57)116-78-71-75(97-9)84(117-86(78,50-107-71)85(91)106-46-59-39-27-16-28-40-59)113-64-60(47-99-41-54-29-17-11-18-30-54)109-80(98-10)76(103-43-56-33-21-13-22-34-56)68(64)102-42-55-31-19-12-20-32-55/h11-40,60-78,80-84H,41-50H2,1-10H3/t60-,61-,62-,63-,64-,65-,66+,67+,68+,69+,70+,71-,72+,73-,74-,75+,76-,77-,78+,80+,81-,82-,83-,84-,86-/m1/s1. The number of hydrogen-bond donors (Lipinski definition) is 0. The van der Waals surface area contributed by atoms with Crippen molar-refractivity contribution >= 4 is 29.8 Å². The van der Waals surface area contributed by atoms with Crippen molar-refractivity contribution in [1.29, 1.82) is 0 Å². The Bertz CT molecular complexity index is 4010. The SMILES string of the molecule is CO[C@H]1O[C@H](COCc2ccccc2)[C@@H](O[C@@H]2O[C@]3(C(=O)OCc4ccccc4)CO[C@H]([C@@H]2OC)[C@@H]3O[C@H]2O[C@H](COC(C)=O)[C@@H](O[C@@H]3O[C@H](C(=O)OCc4ccccc4)[C@@H](O[C@H]4O[C@H](COC(C)=O)[C@@H](OC)[C@H](OC)[C@H]4OC)[C@H](OC)[C@H]3OC)[C@H](OC(C)=O)[C@H]2OCc2ccccc2)[C@H](OCc2ccccc2)[C@H]1OCc1ccccc1. The monoisotopic (exact) mass is 1630 g/mol. The maximum Gasteiger partial charge on any atom is 0.344 e. The molecule has 0 N–H and O–H groups in total. The van der Waals surface area contributed by atoms with E-state index in [4.69, 9.17) is 123 Å². The van der Waals surface area contributed by atoms with Gasteiger partial charge in [-0.1, -0.05) is 182 Å². The number of rotatable bonds is 39. The first-order chi connectivity index (χ1) is 57.0. The van der Waals surface area contributed by atoms with Crippen LogP contribution in [0.4, 0.5) is 0 Å². The van der Waals surface area contributed by atoms with Gasteiger partial charge in [0.1, 0.15) is 130 Å². The number of fused-ring (bicyclic) bond motifs is 2. The minimum Gasteiger partial charge on any atom is -0.463 e. The highest BCUT2D eigenvalue weighted by Gasteiger charge is 2.70. The molecule has 6 aromatic rings. The van der Waals surface area contributed by atoms with E-state index in [1.807, 2.05) is 103 Å². The zero-order valence-electron chi connectivity index (χ0n) is 66.9. The lowest BCUT2D eigenvalue weighted by atomic mass is 9.89. The van der Waals surface area contributed by atoms with Gasteiger partial charge in [-0.25, -0.2) is 9.59 Å². The van der Waals surface area contributed by atoms with E-state index in [2.05, 4.69) is 0 Å². The molecule has 25 atom stereocenters. The second kappa shape index (κ2) is 43.2. The average molecular weight is 1630 g/mol. The molecular weight excluding hydrogens is 1530 g/mol. The molecule has 0 saturated carbocycles. The zero-order valence-corrected chi connectivity index (χ0v) is 66.9. The van der Waals surface area contributed by atoms with E-state index >= 15 is 9.59 Å². The predicted molar refractivity (Wildman–Crippen MR) is 406 cm³/mol. The van der Waals surface area contributed by atoms with Gasteiger partial charge >= 0.3 is 29.8 Å². The van der Waals surface area contributed by atoms with E-state index in [9.17, 15) is 14.4 Å². The molecule has 6 fully saturated rings. The van der Waals surface area contributed by atoms with E-state index < -0.39 is 196 Å². The Morgan fingerprint density at radius 1 is 0.333 bits per heavy atom. The van der Waals surface area contributed by atoms with Gasteiger partial charge < -0.3 is 123 Å². The summed E-state index contributed by atoms with van der Waals surface area (Å²) in [5.41, 5.74) is 2.08. The summed E-state index contributed by atoms with van der Waals surface area (Å²) in [6.45, 7) is 1.56. The predicted octanol–water partition coefficient (Wildman–Crippen LogP) is 7.17. The molecule has 6 saturated heterocycles. The summed E-state index contributed by atoms with van der Waals surface area (Å²) in [6, 6.07) is 55.5. The number of esters is 5. The molecule has 6 aromatic carbocycles. The van der Waals surface area contributed by atoms with Gasteiger partial charge in [-0.2, -0.15) is 0 Å². The highest BCUT2D eigenvalue weighted by molar-refractivity contribution is 5.82. The van der Waals surface area contributed by atoms with Crippen molar-refractivity contribution in [2.75, 3.05) is 76.2 Å². The first kappa shape index (κ1) is 88.1. The highest BCUT2D eigenvalue weighted by atomic mass is 16.8. The Morgan fingerprint density at radius 3 is 1.19 bits per heavy atom. The van der Waals surface area contributed by atoms with E-state index in [1.54, 1.807) is 78.9 Å². The van der Waals surface area contributed by atoms with Gasteiger partial charge in [0.15, 0.2) is 43.7 Å². The van der Waals surface area contributed by atoms with E-state index in [0.717, 1.165) is 23.6 Å². The molecule has 6 aliphatic rings. The van der Waals surface area contributed by atoms with Gasteiger partial charge in [-0.15, -0.1) is 0 Å². The van der Waals surface area contributed by atoms with Crippen molar-refractivity contribution in [1.82, 2.24) is 0 Å². The Kier molecular flexibility index (Phi) is 32.5. The van der Waals surface area contributed by atoms with Gasteiger partial charge in [0.25, 0.3) is 0 Å². The molecule has 6 heterocycles. The Morgan fingerprint density at radius 2 is 0.718 bits per heavy atom. The van der Waals surface area contributed by atoms with Gasteiger partial charge in [-0.05, 0) is 33.4 Å². The van der Waals surface area contributed by atoms with Gasteiger partial charge in [-0.3, -0.25) is 14.4 Å². The van der Waals surface area contributed by atoms with Gasteiger partial charge in [0.2, 0.25) is 5.60 Å². The van der Waals surface area contributed by atoms with Crippen LogP contribution in [0.3, 0.4) is 0 Å². The second-order valence-electron chi connectivity index (χ2n) is 28.6. The lowest BCUT2D eigenvalue weighted by Crippen LogP contribution is -2.70. The lowest BCUT2D eigenvalue weighted by molar-refractivity contribution is -0.394. The van der Waals surface area contributed by atoms with Crippen LogP contribution in [0.15, 0.2) is 182 Å². The number of hydrogen-bond acceptors (Lipinski definition) is 31. The third-order valence-electron chi connectivity index (χ3n) is 20.9. The first-order valence-electron chi connectivity index (χ1n) is 38.6. The normalized spacial score (nSPS) is 32.1. The molecule has 0 amide bonds. The fraction of sp³-hybridized carbons (Fsp3) is 0.523. The van der Waals surface area contributed by atoms with Crippen LogP contribution in [0.5, 0.6) is 0 Å².